The zero-order valence-electron chi connectivity index (χ0n) is 17.1. The van der Waals surface area contributed by atoms with E-state index in [4.69, 9.17) is 11.3 Å². The monoisotopic (exact) mass is 410 g/mol. The first-order chi connectivity index (χ1) is 13.9. The summed E-state index contributed by atoms with van der Waals surface area (Å²) >= 11 is 0. The van der Waals surface area contributed by atoms with Gasteiger partial charge in [-0.05, 0) is 6.04 Å². The predicted molar refractivity (Wildman–Crippen MR) is 113 cm³/mol. The third-order valence-corrected chi connectivity index (χ3v) is 6.97. The molecule has 0 atom stereocenters. The van der Waals surface area contributed by atoms with Crippen LogP contribution in [0.5, 0.6) is 0 Å². The molecule has 3 aromatic heterocycles. The van der Waals surface area contributed by atoms with Gasteiger partial charge in [0.15, 0.2) is 11.2 Å². The van der Waals surface area contributed by atoms with Crippen LogP contribution in [0.4, 0.5) is 0 Å². The summed E-state index contributed by atoms with van der Waals surface area (Å²) in [5, 5.41) is 13.1. The maximum absolute atomic E-state index is 7.24. The van der Waals surface area contributed by atoms with Crippen LogP contribution in [0.3, 0.4) is 0 Å². The summed E-state index contributed by atoms with van der Waals surface area (Å²) in [6.07, 6.45) is 7.10. The largest absolute Gasteiger partial charge is 0.359 e. The van der Waals surface area contributed by atoms with E-state index in [0.717, 1.165) is 48.0 Å². The second-order valence-electron chi connectivity index (χ2n) is 8.77. The zero-order chi connectivity index (χ0) is 20.5. The smallest absolute Gasteiger partial charge is 0.242 e. The molecule has 1 fully saturated rings. The van der Waals surface area contributed by atoms with Crippen LogP contribution in [0, 0.1) is 6.57 Å². The molecule has 4 rings (SSSR count). The molecule has 0 aromatic carbocycles. The molecule has 0 saturated carbocycles. The predicted octanol–water partition coefficient (Wildman–Crippen LogP) is 2.22. The van der Waals surface area contributed by atoms with Gasteiger partial charge in [-0.15, -0.1) is 0 Å². The van der Waals surface area contributed by atoms with E-state index in [-0.39, 0.29) is 5.54 Å². The highest BCUT2D eigenvalue weighted by atomic mass is 28.3. The van der Waals surface area contributed by atoms with Crippen molar-refractivity contribution < 1.29 is 4.74 Å². The van der Waals surface area contributed by atoms with Crippen molar-refractivity contribution in [1.29, 1.82) is 0 Å². The van der Waals surface area contributed by atoms with E-state index in [9.17, 15) is 0 Å². The molecule has 0 bridgehead atoms. The lowest BCUT2D eigenvalue weighted by Crippen LogP contribution is -2.62. The number of ether oxygens (including phenoxy) is 1. The average Bonchev–Trinajstić information content (AvgIpc) is 3.28. The number of hydrogen-bond donors (Lipinski definition) is 1. The van der Waals surface area contributed by atoms with Gasteiger partial charge >= 0.3 is 0 Å². The fourth-order valence-corrected chi connectivity index (χ4v) is 4.12. The fraction of sp³-hybridized carbons (Fsp3) is 0.526. The molecule has 3 aromatic rings. The first-order valence-corrected chi connectivity index (χ1v) is 13.5. The molecule has 0 radical (unpaired) electrons. The van der Waals surface area contributed by atoms with Gasteiger partial charge in [0.05, 0.1) is 23.5 Å². The Morgan fingerprint density at radius 3 is 2.76 bits per heavy atom. The molecule has 0 amide bonds. The van der Waals surface area contributed by atoms with Gasteiger partial charge in [0.25, 0.3) is 0 Å². The maximum Gasteiger partial charge on any atom is 0.242 e. The van der Waals surface area contributed by atoms with E-state index in [1.807, 2.05) is 10.9 Å². The fourth-order valence-electron chi connectivity index (χ4n) is 3.36. The van der Waals surface area contributed by atoms with Crippen molar-refractivity contribution in [3.8, 4) is 11.3 Å². The Hall–Kier alpha value is -2.61. The number of hydrogen-bond acceptors (Lipinski definition) is 6. The highest BCUT2D eigenvalue weighted by Gasteiger charge is 2.43. The van der Waals surface area contributed by atoms with E-state index in [1.165, 1.54) is 0 Å². The summed E-state index contributed by atoms with van der Waals surface area (Å²) < 4.78 is 9.50. The van der Waals surface area contributed by atoms with E-state index < -0.39 is 8.07 Å². The number of nitrogens with one attached hydrogen (secondary N) is 1. The molecule has 152 valence electrons. The van der Waals surface area contributed by atoms with Gasteiger partial charge in [0.2, 0.25) is 6.54 Å². The molecule has 1 aliphatic heterocycles. The standard InChI is InChI=1S/C19H26N8OSi/c1-20-10-19(11-21-12-19)27-9-15(7-25-27)17-16-8-24-26(18(16)23-13-22-17)14-28-5-6-29(2,3)4/h7-9,13,21H,5-6,10-12,14H2,2-4H3. The van der Waals surface area contributed by atoms with Gasteiger partial charge in [-0.2, -0.15) is 10.2 Å². The summed E-state index contributed by atoms with van der Waals surface area (Å²) in [5.41, 5.74) is 2.17. The Balaban J connectivity index is 1.55. The minimum absolute atomic E-state index is 0.263. The first kappa shape index (κ1) is 19.7. The van der Waals surface area contributed by atoms with Crippen LogP contribution in [0.1, 0.15) is 0 Å². The summed E-state index contributed by atoms with van der Waals surface area (Å²) in [6.45, 7) is 17.3. The number of rotatable bonds is 8. The maximum atomic E-state index is 7.24. The Kier molecular flexibility index (Phi) is 5.20. The summed E-state index contributed by atoms with van der Waals surface area (Å²) in [6, 6.07) is 1.12. The highest BCUT2D eigenvalue weighted by molar-refractivity contribution is 6.76. The van der Waals surface area contributed by atoms with Crippen LogP contribution in [0.15, 0.2) is 24.9 Å². The van der Waals surface area contributed by atoms with Crippen molar-refractivity contribution in [3.05, 3.63) is 36.3 Å². The molecule has 1 saturated heterocycles. The van der Waals surface area contributed by atoms with E-state index >= 15 is 0 Å². The van der Waals surface area contributed by atoms with Gasteiger partial charge in [0.1, 0.15) is 13.1 Å². The molecule has 10 heteroatoms. The number of aromatic nitrogens is 6. The molecule has 0 spiro atoms. The lowest BCUT2D eigenvalue weighted by Gasteiger charge is -2.38. The zero-order valence-corrected chi connectivity index (χ0v) is 18.1. The lowest BCUT2D eigenvalue weighted by atomic mass is 9.93. The second-order valence-corrected chi connectivity index (χ2v) is 14.4. The molecule has 4 heterocycles. The van der Waals surface area contributed by atoms with Crippen molar-refractivity contribution >= 4 is 19.1 Å². The Bertz CT molecular complexity index is 1040. The lowest BCUT2D eigenvalue weighted by molar-refractivity contribution is 0.0813. The van der Waals surface area contributed by atoms with Crippen molar-refractivity contribution in [2.45, 2.75) is 38.0 Å². The van der Waals surface area contributed by atoms with E-state index in [0.29, 0.717) is 13.3 Å². The van der Waals surface area contributed by atoms with E-state index in [1.54, 1.807) is 23.4 Å². The highest BCUT2D eigenvalue weighted by Crippen LogP contribution is 2.28. The SMILES string of the molecule is [C-]#[N+]CC1(n2cc(-c3ncnc4c3cnn4COCC[Si](C)(C)C)cn2)CNC1. The van der Waals surface area contributed by atoms with Crippen LogP contribution in [-0.2, 0) is 17.0 Å². The third kappa shape index (κ3) is 3.94. The molecule has 1 N–H and O–H groups in total. The average molecular weight is 411 g/mol. The molecular formula is C19H26N8OSi. The summed E-state index contributed by atoms with van der Waals surface area (Å²) in [4.78, 5) is 12.5. The van der Waals surface area contributed by atoms with Crippen LogP contribution >= 0.6 is 0 Å². The van der Waals surface area contributed by atoms with E-state index in [2.05, 4.69) is 50.0 Å². The van der Waals surface area contributed by atoms with Gasteiger partial charge in [-0.1, -0.05) is 19.6 Å². The molecule has 29 heavy (non-hydrogen) atoms. The third-order valence-electron chi connectivity index (χ3n) is 5.27. The Morgan fingerprint density at radius 1 is 1.24 bits per heavy atom. The summed E-state index contributed by atoms with van der Waals surface area (Å²) in [7, 11) is -1.12. The molecular weight excluding hydrogens is 384 g/mol. The minimum atomic E-state index is -1.12. The topological polar surface area (TPSA) is 87.0 Å². The minimum Gasteiger partial charge on any atom is -0.359 e. The van der Waals surface area contributed by atoms with Crippen LogP contribution in [0.25, 0.3) is 27.1 Å². The number of fused-ring (bicyclic) bond motifs is 1. The molecule has 9 nitrogen and oxygen atoms in total. The molecule has 0 aliphatic carbocycles. The summed E-state index contributed by atoms with van der Waals surface area (Å²) in [5.74, 6) is 0. The van der Waals surface area contributed by atoms with Gasteiger partial charge < -0.3 is 14.9 Å². The van der Waals surface area contributed by atoms with Crippen LogP contribution < -0.4 is 5.32 Å². The van der Waals surface area contributed by atoms with Crippen molar-refractivity contribution in [2.75, 3.05) is 26.2 Å². The normalized spacial score (nSPS) is 15.9. The Labute approximate surface area is 170 Å². The Morgan fingerprint density at radius 2 is 2.07 bits per heavy atom. The first-order valence-electron chi connectivity index (χ1n) is 9.76. The van der Waals surface area contributed by atoms with Crippen LogP contribution in [-0.4, -0.2) is 63.8 Å². The van der Waals surface area contributed by atoms with Crippen LogP contribution in [0.2, 0.25) is 25.7 Å². The molecule has 1 aliphatic rings. The second kappa shape index (κ2) is 7.66. The number of nitrogens with zero attached hydrogens (tertiary/aromatic N) is 7. The van der Waals surface area contributed by atoms with Gasteiger partial charge in [0, 0.05) is 39.5 Å². The van der Waals surface area contributed by atoms with Crippen molar-refractivity contribution in [3.63, 3.8) is 0 Å². The van der Waals surface area contributed by atoms with Gasteiger partial charge in [-0.3, -0.25) is 4.68 Å². The van der Waals surface area contributed by atoms with Crippen molar-refractivity contribution in [1.82, 2.24) is 34.8 Å². The van der Waals surface area contributed by atoms with Crippen molar-refractivity contribution in [2.24, 2.45) is 0 Å². The molecule has 0 unspecified atom stereocenters. The quantitative estimate of drug-likeness (QED) is 0.348. The van der Waals surface area contributed by atoms with Gasteiger partial charge in [-0.25, -0.2) is 21.2 Å².